The molecule has 0 aliphatic heterocycles. The number of aromatic nitrogens is 2. The predicted octanol–water partition coefficient (Wildman–Crippen LogP) is 0.0786. The SMILES string of the molecule is CC#CC(=O)NNC=Nc1c(C#N)cnn1CC. The van der Waals surface area contributed by atoms with Crippen LogP contribution in [0.3, 0.4) is 0 Å². The van der Waals surface area contributed by atoms with Gasteiger partial charge in [-0.2, -0.15) is 10.4 Å². The van der Waals surface area contributed by atoms with Gasteiger partial charge in [-0.25, -0.2) is 9.67 Å². The number of nitrogens with zero attached hydrogens (tertiary/aromatic N) is 4. The van der Waals surface area contributed by atoms with Crippen LogP contribution in [0.5, 0.6) is 0 Å². The Balaban J connectivity index is 2.66. The second kappa shape index (κ2) is 6.71. The molecule has 18 heavy (non-hydrogen) atoms. The van der Waals surface area contributed by atoms with Gasteiger partial charge in [-0.15, -0.1) is 0 Å². The zero-order valence-corrected chi connectivity index (χ0v) is 10.1. The van der Waals surface area contributed by atoms with Crippen LogP contribution in [-0.2, 0) is 11.3 Å². The summed E-state index contributed by atoms with van der Waals surface area (Å²) in [4.78, 5) is 15.0. The lowest BCUT2D eigenvalue weighted by molar-refractivity contribution is -0.116. The average Bonchev–Trinajstić information content (AvgIpc) is 2.77. The van der Waals surface area contributed by atoms with Gasteiger partial charge in [0, 0.05) is 6.54 Å². The van der Waals surface area contributed by atoms with Crippen LogP contribution >= 0.6 is 0 Å². The van der Waals surface area contributed by atoms with E-state index in [0.717, 1.165) is 0 Å². The maximum atomic E-state index is 11.0. The molecule has 0 fully saturated rings. The highest BCUT2D eigenvalue weighted by Gasteiger charge is 2.06. The van der Waals surface area contributed by atoms with Crippen molar-refractivity contribution in [3.05, 3.63) is 11.8 Å². The van der Waals surface area contributed by atoms with Crippen molar-refractivity contribution in [2.75, 3.05) is 0 Å². The summed E-state index contributed by atoms with van der Waals surface area (Å²) in [5, 5.41) is 12.8. The fourth-order valence-corrected chi connectivity index (χ4v) is 1.16. The molecule has 2 N–H and O–H groups in total. The summed E-state index contributed by atoms with van der Waals surface area (Å²) >= 11 is 0. The van der Waals surface area contributed by atoms with Gasteiger partial charge in [-0.1, -0.05) is 5.92 Å². The van der Waals surface area contributed by atoms with Crippen molar-refractivity contribution in [3.8, 4) is 17.9 Å². The summed E-state index contributed by atoms with van der Waals surface area (Å²) in [7, 11) is 0. The fraction of sp³-hybridized carbons (Fsp3) is 0.273. The number of hydrogen-bond acceptors (Lipinski definition) is 4. The van der Waals surface area contributed by atoms with Crippen LogP contribution in [0.1, 0.15) is 19.4 Å². The minimum atomic E-state index is -0.464. The highest BCUT2D eigenvalue weighted by Crippen LogP contribution is 2.16. The normalized spacial score (nSPS) is 9.39. The molecule has 7 nitrogen and oxygen atoms in total. The first kappa shape index (κ1) is 13.3. The van der Waals surface area contributed by atoms with Gasteiger partial charge in [0.25, 0.3) is 0 Å². The topological polar surface area (TPSA) is 95.1 Å². The summed E-state index contributed by atoms with van der Waals surface area (Å²) in [5.41, 5.74) is 5.13. The molecule has 0 aromatic carbocycles. The number of aryl methyl sites for hydroxylation is 1. The number of carbonyl (C=O) groups excluding carboxylic acids is 1. The van der Waals surface area contributed by atoms with E-state index in [9.17, 15) is 4.79 Å². The number of nitrogens with one attached hydrogen (secondary N) is 2. The molecule has 0 spiro atoms. The van der Waals surface area contributed by atoms with Crippen LogP contribution in [0, 0.1) is 23.2 Å². The predicted molar refractivity (Wildman–Crippen MR) is 65.5 cm³/mol. The molecule has 92 valence electrons. The summed E-state index contributed by atoms with van der Waals surface area (Å²) in [6.45, 7) is 4.05. The third-order valence-electron chi connectivity index (χ3n) is 1.91. The van der Waals surface area contributed by atoms with E-state index in [-0.39, 0.29) is 0 Å². The third-order valence-corrected chi connectivity index (χ3v) is 1.91. The minimum Gasteiger partial charge on any atom is -0.287 e. The molecule has 0 atom stereocenters. The molecule has 7 heteroatoms. The number of rotatable bonds is 4. The van der Waals surface area contributed by atoms with Crippen molar-refractivity contribution in [1.29, 1.82) is 5.26 Å². The zero-order valence-electron chi connectivity index (χ0n) is 10.1. The molecule has 1 amide bonds. The highest BCUT2D eigenvalue weighted by molar-refractivity contribution is 5.93. The first-order valence-corrected chi connectivity index (χ1v) is 5.19. The summed E-state index contributed by atoms with van der Waals surface area (Å²) in [5.74, 6) is 4.71. The lowest BCUT2D eigenvalue weighted by Crippen LogP contribution is -2.35. The van der Waals surface area contributed by atoms with E-state index in [4.69, 9.17) is 5.26 Å². The lowest BCUT2D eigenvalue weighted by atomic mass is 10.4. The van der Waals surface area contributed by atoms with Crippen molar-refractivity contribution < 1.29 is 4.79 Å². The van der Waals surface area contributed by atoms with E-state index >= 15 is 0 Å². The lowest BCUT2D eigenvalue weighted by Gasteiger charge is -2.00. The second-order valence-electron chi connectivity index (χ2n) is 3.04. The Hall–Kier alpha value is -2.80. The van der Waals surface area contributed by atoms with Gasteiger partial charge in [0.05, 0.1) is 6.20 Å². The van der Waals surface area contributed by atoms with Gasteiger partial charge >= 0.3 is 5.91 Å². The maximum absolute atomic E-state index is 11.0. The molecule has 1 heterocycles. The van der Waals surface area contributed by atoms with Crippen LogP contribution in [0.15, 0.2) is 11.2 Å². The van der Waals surface area contributed by atoms with E-state index in [1.165, 1.54) is 12.5 Å². The number of hydrazine groups is 1. The van der Waals surface area contributed by atoms with E-state index in [0.29, 0.717) is 17.9 Å². The van der Waals surface area contributed by atoms with Gasteiger partial charge in [0.2, 0.25) is 0 Å². The van der Waals surface area contributed by atoms with E-state index in [1.807, 2.05) is 13.0 Å². The summed E-state index contributed by atoms with van der Waals surface area (Å²) in [6, 6.07) is 1.99. The van der Waals surface area contributed by atoms with E-state index < -0.39 is 5.91 Å². The van der Waals surface area contributed by atoms with Crippen LogP contribution in [0.2, 0.25) is 0 Å². The molecule has 1 aromatic rings. The number of carbonyl (C=O) groups is 1. The third kappa shape index (κ3) is 3.35. The summed E-state index contributed by atoms with van der Waals surface area (Å²) < 4.78 is 1.57. The van der Waals surface area contributed by atoms with Gasteiger partial charge in [-0.05, 0) is 19.8 Å². The molecule has 0 unspecified atom stereocenters. The monoisotopic (exact) mass is 244 g/mol. The quantitative estimate of drug-likeness (QED) is 0.339. The van der Waals surface area contributed by atoms with Gasteiger partial charge < -0.3 is 0 Å². The Bertz CT molecular complexity index is 554. The number of nitriles is 1. The number of amides is 1. The first-order chi connectivity index (χ1) is 8.72. The summed E-state index contributed by atoms with van der Waals surface area (Å²) in [6.07, 6.45) is 2.70. The van der Waals surface area contributed by atoms with Crippen molar-refractivity contribution in [3.63, 3.8) is 0 Å². The largest absolute Gasteiger partial charge is 0.314 e. The van der Waals surface area contributed by atoms with E-state index in [2.05, 4.69) is 32.8 Å². The first-order valence-electron chi connectivity index (χ1n) is 5.19. The van der Waals surface area contributed by atoms with Crippen LogP contribution in [0.25, 0.3) is 0 Å². The van der Waals surface area contributed by atoms with Crippen molar-refractivity contribution >= 4 is 18.1 Å². The standard InChI is InChI=1S/C11H12N6O/c1-3-5-10(18)16-14-8-13-11-9(6-12)7-15-17(11)4-2/h7-8H,4H2,1-2H3,(H,13,14)(H,16,18). The Morgan fingerprint density at radius 3 is 3.11 bits per heavy atom. The molecular weight excluding hydrogens is 232 g/mol. The molecule has 0 aliphatic rings. The maximum Gasteiger partial charge on any atom is 0.314 e. The van der Waals surface area contributed by atoms with Crippen LogP contribution < -0.4 is 10.9 Å². The Morgan fingerprint density at radius 2 is 2.50 bits per heavy atom. The molecular formula is C11H12N6O. The molecule has 0 bridgehead atoms. The Kier molecular flexibility index (Phi) is 4.95. The smallest absolute Gasteiger partial charge is 0.287 e. The van der Waals surface area contributed by atoms with Gasteiger partial charge in [-0.3, -0.25) is 15.6 Å². The Morgan fingerprint density at radius 1 is 1.72 bits per heavy atom. The van der Waals surface area contributed by atoms with Crippen molar-refractivity contribution in [2.24, 2.45) is 4.99 Å². The Labute approximate surface area is 104 Å². The van der Waals surface area contributed by atoms with Crippen LogP contribution in [0.4, 0.5) is 5.82 Å². The van der Waals surface area contributed by atoms with E-state index in [1.54, 1.807) is 11.6 Å². The fourth-order valence-electron chi connectivity index (χ4n) is 1.16. The molecule has 0 radical (unpaired) electrons. The molecule has 1 aromatic heterocycles. The van der Waals surface area contributed by atoms with Crippen molar-refractivity contribution in [1.82, 2.24) is 20.6 Å². The zero-order chi connectivity index (χ0) is 13.4. The molecule has 1 rings (SSSR count). The number of hydrogen-bond donors (Lipinski definition) is 2. The van der Waals surface area contributed by atoms with Crippen molar-refractivity contribution in [2.45, 2.75) is 20.4 Å². The van der Waals surface area contributed by atoms with Crippen LogP contribution in [-0.4, -0.2) is 22.0 Å². The second-order valence-corrected chi connectivity index (χ2v) is 3.04. The average molecular weight is 244 g/mol. The van der Waals surface area contributed by atoms with Gasteiger partial charge in [0.15, 0.2) is 5.82 Å². The molecule has 0 aliphatic carbocycles. The minimum absolute atomic E-state index is 0.370. The molecule has 0 saturated heterocycles. The van der Waals surface area contributed by atoms with Gasteiger partial charge in [0.1, 0.15) is 18.0 Å². The molecule has 0 saturated carbocycles. The highest BCUT2D eigenvalue weighted by atomic mass is 16.2. The number of aliphatic imine (C=N–C) groups is 1.